The number of hydrogen-bond acceptors (Lipinski definition) is 5. The predicted octanol–water partition coefficient (Wildman–Crippen LogP) is 4.64. The minimum absolute atomic E-state index is 0.0235. The van der Waals surface area contributed by atoms with Crippen molar-refractivity contribution in [2.75, 3.05) is 25.0 Å². The molecular formula is C22H34N2O3S. The molecule has 1 atom stereocenters. The number of fused-ring (bicyclic) bond motifs is 1. The average molecular weight is 407 g/mol. The zero-order valence-corrected chi connectivity index (χ0v) is 18.3. The Bertz CT molecular complexity index is 694. The molecule has 0 unspecified atom stereocenters. The lowest BCUT2D eigenvalue weighted by Gasteiger charge is -2.32. The lowest BCUT2D eigenvalue weighted by atomic mass is 9.88. The number of likely N-dealkylation sites (N-methyl/N-ethyl adjacent to an activating group) is 1. The molecule has 0 aliphatic heterocycles. The van der Waals surface area contributed by atoms with E-state index in [0.29, 0.717) is 35.7 Å². The van der Waals surface area contributed by atoms with Gasteiger partial charge in [0, 0.05) is 10.9 Å². The van der Waals surface area contributed by atoms with Crippen molar-refractivity contribution in [3.05, 3.63) is 16.0 Å². The van der Waals surface area contributed by atoms with E-state index in [1.165, 1.54) is 37.0 Å². The minimum Gasteiger partial charge on any atom is -0.462 e. The van der Waals surface area contributed by atoms with Crippen LogP contribution >= 0.6 is 11.3 Å². The number of carbonyl (C=O) groups is 2. The van der Waals surface area contributed by atoms with Crippen molar-refractivity contribution in [2.24, 2.45) is 5.92 Å². The molecule has 1 N–H and O–H groups in total. The van der Waals surface area contributed by atoms with E-state index in [1.54, 1.807) is 11.3 Å². The van der Waals surface area contributed by atoms with Crippen LogP contribution in [0.2, 0.25) is 0 Å². The van der Waals surface area contributed by atoms with Gasteiger partial charge in [-0.15, -0.1) is 11.3 Å². The van der Waals surface area contributed by atoms with Gasteiger partial charge in [0.15, 0.2) is 0 Å². The summed E-state index contributed by atoms with van der Waals surface area (Å²) in [6.45, 7) is 7.80. The van der Waals surface area contributed by atoms with Gasteiger partial charge in [-0.25, -0.2) is 4.79 Å². The highest BCUT2D eigenvalue weighted by Crippen LogP contribution is 2.40. The van der Waals surface area contributed by atoms with Crippen LogP contribution in [-0.4, -0.2) is 42.5 Å². The molecule has 2 aliphatic carbocycles. The summed E-state index contributed by atoms with van der Waals surface area (Å²) >= 11 is 1.57. The van der Waals surface area contributed by atoms with Crippen molar-refractivity contribution in [1.82, 2.24) is 4.90 Å². The Kier molecular flexibility index (Phi) is 7.52. The Labute approximate surface area is 172 Å². The number of nitrogens with one attached hydrogen (secondary N) is 1. The molecule has 1 aromatic heterocycles. The first-order valence-corrected chi connectivity index (χ1v) is 11.7. The largest absolute Gasteiger partial charge is 0.462 e. The van der Waals surface area contributed by atoms with Gasteiger partial charge in [-0.2, -0.15) is 0 Å². The summed E-state index contributed by atoms with van der Waals surface area (Å²) in [6.07, 6.45) is 9.13. The van der Waals surface area contributed by atoms with Gasteiger partial charge in [0.2, 0.25) is 5.91 Å². The number of amides is 1. The second kappa shape index (κ2) is 9.88. The Morgan fingerprint density at radius 2 is 1.93 bits per heavy atom. The van der Waals surface area contributed by atoms with E-state index in [1.807, 2.05) is 6.92 Å². The fraction of sp³-hybridized carbons (Fsp3) is 0.727. The number of thiophene rings is 1. The molecule has 1 fully saturated rings. The zero-order valence-electron chi connectivity index (χ0n) is 17.5. The first-order valence-electron chi connectivity index (χ1n) is 10.9. The predicted molar refractivity (Wildman–Crippen MR) is 114 cm³/mol. The second-order valence-corrected chi connectivity index (χ2v) is 9.28. The van der Waals surface area contributed by atoms with Gasteiger partial charge in [0.25, 0.3) is 0 Å². The SMILES string of the molecule is CCOC(=O)c1c(NC(=O)CN(CC)C2CCCCC2)sc2c1CC[C@H](C)C2. The van der Waals surface area contributed by atoms with Crippen molar-refractivity contribution >= 4 is 28.2 Å². The molecule has 1 heterocycles. The normalized spacial score (nSPS) is 20.1. The standard InChI is InChI=1S/C22H34N2O3S/c1-4-24(16-9-7-6-8-10-16)14-19(25)23-21-20(22(26)27-5-2)17-12-11-15(3)13-18(17)28-21/h15-16H,4-14H2,1-3H3,(H,23,25)/t15-/m0/s1. The van der Waals surface area contributed by atoms with E-state index < -0.39 is 0 Å². The van der Waals surface area contributed by atoms with E-state index in [-0.39, 0.29) is 11.9 Å². The van der Waals surface area contributed by atoms with Gasteiger partial charge in [-0.1, -0.05) is 33.1 Å². The Morgan fingerprint density at radius 3 is 2.61 bits per heavy atom. The first kappa shape index (κ1) is 21.3. The average Bonchev–Trinajstić information content (AvgIpc) is 3.03. The Balaban J connectivity index is 1.74. The second-order valence-electron chi connectivity index (χ2n) is 8.18. The van der Waals surface area contributed by atoms with Crippen LogP contribution < -0.4 is 5.32 Å². The van der Waals surface area contributed by atoms with Gasteiger partial charge in [0.05, 0.1) is 18.7 Å². The molecule has 28 heavy (non-hydrogen) atoms. The van der Waals surface area contributed by atoms with Crippen molar-refractivity contribution in [1.29, 1.82) is 0 Å². The molecule has 1 amide bonds. The van der Waals surface area contributed by atoms with Crippen LogP contribution in [0.5, 0.6) is 0 Å². The third-order valence-electron chi connectivity index (χ3n) is 6.09. The van der Waals surface area contributed by atoms with E-state index in [2.05, 4.69) is 24.1 Å². The van der Waals surface area contributed by atoms with Crippen molar-refractivity contribution in [3.63, 3.8) is 0 Å². The summed E-state index contributed by atoms with van der Waals surface area (Å²) < 4.78 is 5.30. The van der Waals surface area contributed by atoms with Crippen LogP contribution in [0.15, 0.2) is 0 Å². The maximum atomic E-state index is 12.8. The fourth-order valence-corrected chi connectivity index (χ4v) is 5.97. The summed E-state index contributed by atoms with van der Waals surface area (Å²) in [5.41, 5.74) is 1.69. The smallest absolute Gasteiger partial charge is 0.341 e. The van der Waals surface area contributed by atoms with E-state index in [9.17, 15) is 9.59 Å². The Morgan fingerprint density at radius 1 is 1.18 bits per heavy atom. The van der Waals surface area contributed by atoms with Gasteiger partial charge < -0.3 is 10.1 Å². The lowest BCUT2D eigenvalue weighted by Crippen LogP contribution is -2.41. The van der Waals surface area contributed by atoms with E-state index >= 15 is 0 Å². The summed E-state index contributed by atoms with van der Waals surface area (Å²) in [6, 6.07) is 0.506. The number of nitrogens with zero attached hydrogens (tertiary/aromatic N) is 1. The highest BCUT2D eigenvalue weighted by molar-refractivity contribution is 7.17. The van der Waals surface area contributed by atoms with Gasteiger partial charge in [-0.05, 0) is 57.1 Å². The molecule has 1 aromatic rings. The third-order valence-corrected chi connectivity index (χ3v) is 7.26. The lowest BCUT2D eigenvalue weighted by molar-refractivity contribution is -0.118. The Hall–Kier alpha value is -1.40. The maximum Gasteiger partial charge on any atom is 0.341 e. The van der Waals surface area contributed by atoms with Gasteiger partial charge in [-0.3, -0.25) is 9.69 Å². The highest BCUT2D eigenvalue weighted by Gasteiger charge is 2.30. The van der Waals surface area contributed by atoms with Crippen molar-refractivity contribution in [2.45, 2.75) is 78.2 Å². The first-order chi connectivity index (χ1) is 13.5. The molecule has 0 bridgehead atoms. The topological polar surface area (TPSA) is 58.6 Å². The molecule has 0 saturated heterocycles. The molecule has 0 spiro atoms. The number of ether oxygens (including phenoxy) is 1. The molecule has 6 heteroatoms. The number of hydrogen-bond donors (Lipinski definition) is 1. The number of carbonyl (C=O) groups excluding carboxylic acids is 2. The fourth-order valence-electron chi connectivity index (χ4n) is 4.55. The zero-order chi connectivity index (χ0) is 20.1. The van der Waals surface area contributed by atoms with Crippen LogP contribution in [0.1, 0.15) is 80.1 Å². The van der Waals surface area contributed by atoms with Crippen LogP contribution in [-0.2, 0) is 22.4 Å². The van der Waals surface area contributed by atoms with Gasteiger partial charge in [0.1, 0.15) is 5.00 Å². The summed E-state index contributed by atoms with van der Waals surface area (Å²) in [7, 11) is 0. The number of anilines is 1. The van der Waals surface area contributed by atoms with Gasteiger partial charge >= 0.3 is 5.97 Å². The quantitative estimate of drug-likeness (QED) is 0.670. The third kappa shape index (κ3) is 4.95. The van der Waals surface area contributed by atoms with E-state index in [4.69, 9.17) is 4.74 Å². The molecule has 156 valence electrons. The maximum absolute atomic E-state index is 12.8. The van der Waals surface area contributed by atoms with Crippen LogP contribution in [0.3, 0.4) is 0 Å². The van der Waals surface area contributed by atoms with Crippen LogP contribution in [0.25, 0.3) is 0 Å². The molecule has 5 nitrogen and oxygen atoms in total. The molecule has 0 radical (unpaired) electrons. The molecule has 1 saturated carbocycles. The summed E-state index contributed by atoms with van der Waals surface area (Å²) in [5.74, 6) is 0.292. The molecular weight excluding hydrogens is 372 g/mol. The highest BCUT2D eigenvalue weighted by atomic mass is 32.1. The summed E-state index contributed by atoms with van der Waals surface area (Å²) in [5, 5.41) is 3.75. The monoisotopic (exact) mass is 406 g/mol. The van der Waals surface area contributed by atoms with Crippen molar-refractivity contribution in [3.8, 4) is 0 Å². The molecule has 2 aliphatic rings. The van der Waals surface area contributed by atoms with Crippen LogP contribution in [0, 0.1) is 5.92 Å². The molecule has 3 rings (SSSR count). The van der Waals surface area contributed by atoms with Crippen molar-refractivity contribution < 1.29 is 14.3 Å². The van der Waals surface area contributed by atoms with E-state index in [0.717, 1.165) is 31.4 Å². The summed E-state index contributed by atoms with van der Waals surface area (Å²) in [4.78, 5) is 29.0. The number of rotatable bonds is 7. The number of esters is 1. The molecule has 0 aromatic carbocycles. The van der Waals surface area contributed by atoms with Crippen LogP contribution in [0.4, 0.5) is 5.00 Å². The minimum atomic E-state index is -0.301.